The number of hydrogen-bond donors (Lipinski definition) is 1. The van der Waals surface area contributed by atoms with Crippen LogP contribution in [0.3, 0.4) is 0 Å². The van der Waals surface area contributed by atoms with Gasteiger partial charge in [-0.2, -0.15) is 4.31 Å². The number of likely N-dealkylation sites (N-methyl/N-ethyl adjacent to an activating group) is 1. The Bertz CT molecular complexity index is 797. The number of hydrogen-bond acceptors (Lipinski definition) is 5. The van der Waals surface area contributed by atoms with E-state index >= 15 is 0 Å². The van der Waals surface area contributed by atoms with Crippen LogP contribution >= 0.6 is 0 Å². The number of benzene rings is 1. The first-order chi connectivity index (χ1) is 13.1. The van der Waals surface area contributed by atoms with Gasteiger partial charge in [0, 0.05) is 13.1 Å². The molecule has 2 rings (SSSR count). The monoisotopic (exact) mass is 414 g/mol. The third-order valence-electron chi connectivity index (χ3n) is 4.99. The Morgan fingerprint density at radius 1 is 1.25 bits per heavy atom. The number of sulfonamides is 1. The molecule has 0 heterocycles. The normalized spacial score (nSPS) is 21.2. The first-order valence-electron chi connectivity index (χ1n) is 9.33. The second-order valence-corrected chi connectivity index (χ2v) is 9.27. The largest absolute Gasteiger partial charge is 0.452 e. The molecule has 7 nitrogen and oxygen atoms in total. The molecular weight excluding hydrogens is 387 g/mol. The SMILES string of the molecule is C[C@@H]1CCCC[C@@H]1NC(=O)[C@@H](C)OC(=O)CN(C)S(=O)(=O)c1ccc(F)cc1. The quantitative estimate of drug-likeness (QED) is 0.690. The van der Waals surface area contributed by atoms with E-state index in [1.165, 1.54) is 14.0 Å². The van der Waals surface area contributed by atoms with E-state index in [4.69, 9.17) is 4.74 Å². The van der Waals surface area contributed by atoms with Crippen LogP contribution in [-0.2, 0) is 24.3 Å². The number of carbonyl (C=O) groups is 2. The van der Waals surface area contributed by atoms with Gasteiger partial charge in [0.2, 0.25) is 10.0 Å². The highest BCUT2D eigenvalue weighted by Gasteiger charge is 2.28. The van der Waals surface area contributed by atoms with Crippen LogP contribution in [0.25, 0.3) is 0 Å². The average molecular weight is 414 g/mol. The van der Waals surface area contributed by atoms with Crippen LogP contribution < -0.4 is 5.32 Å². The molecule has 3 atom stereocenters. The zero-order chi connectivity index (χ0) is 20.9. The minimum Gasteiger partial charge on any atom is -0.452 e. The summed E-state index contributed by atoms with van der Waals surface area (Å²) in [5, 5.41) is 2.90. The maximum absolute atomic E-state index is 13.0. The van der Waals surface area contributed by atoms with E-state index in [2.05, 4.69) is 12.2 Å². The molecule has 28 heavy (non-hydrogen) atoms. The van der Waals surface area contributed by atoms with E-state index in [0.717, 1.165) is 54.3 Å². The Labute approximate surface area is 165 Å². The summed E-state index contributed by atoms with van der Waals surface area (Å²) in [7, 11) is -2.75. The van der Waals surface area contributed by atoms with Crippen molar-refractivity contribution in [2.45, 2.75) is 56.6 Å². The van der Waals surface area contributed by atoms with Crippen molar-refractivity contribution in [3.63, 3.8) is 0 Å². The summed E-state index contributed by atoms with van der Waals surface area (Å²) in [6, 6.07) is 4.35. The van der Waals surface area contributed by atoms with Gasteiger partial charge in [-0.15, -0.1) is 0 Å². The fourth-order valence-electron chi connectivity index (χ4n) is 3.17. The van der Waals surface area contributed by atoms with Crippen molar-refractivity contribution in [2.24, 2.45) is 5.92 Å². The van der Waals surface area contributed by atoms with Gasteiger partial charge in [-0.3, -0.25) is 9.59 Å². The molecule has 0 radical (unpaired) electrons. The zero-order valence-corrected chi connectivity index (χ0v) is 17.2. The van der Waals surface area contributed by atoms with Gasteiger partial charge in [0.15, 0.2) is 6.10 Å². The molecule has 1 amide bonds. The third kappa shape index (κ3) is 5.75. The molecule has 156 valence electrons. The van der Waals surface area contributed by atoms with Gasteiger partial charge in [-0.25, -0.2) is 12.8 Å². The Balaban J connectivity index is 1.89. The Kier molecular flexibility index (Phi) is 7.54. The molecule has 0 saturated heterocycles. The predicted octanol–water partition coefficient (Wildman–Crippen LogP) is 2.07. The van der Waals surface area contributed by atoms with Crippen molar-refractivity contribution < 1.29 is 27.1 Å². The Morgan fingerprint density at radius 2 is 1.86 bits per heavy atom. The smallest absolute Gasteiger partial charge is 0.322 e. The molecule has 1 saturated carbocycles. The number of esters is 1. The summed E-state index contributed by atoms with van der Waals surface area (Å²) in [6.45, 7) is 2.97. The van der Waals surface area contributed by atoms with E-state index in [1.807, 2.05) is 0 Å². The van der Waals surface area contributed by atoms with Crippen molar-refractivity contribution in [1.82, 2.24) is 9.62 Å². The number of rotatable bonds is 7. The molecule has 1 aliphatic rings. The van der Waals surface area contributed by atoms with Crippen molar-refractivity contribution >= 4 is 21.9 Å². The molecule has 9 heteroatoms. The van der Waals surface area contributed by atoms with Crippen LogP contribution in [0.2, 0.25) is 0 Å². The van der Waals surface area contributed by atoms with E-state index < -0.39 is 40.4 Å². The number of nitrogens with zero attached hydrogens (tertiary/aromatic N) is 1. The van der Waals surface area contributed by atoms with E-state index in [0.29, 0.717) is 5.92 Å². The minimum absolute atomic E-state index is 0.0592. The summed E-state index contributed by atoms with van der Waals surface area (Å²) in [5.41, 5.74) is 0. The lowest BCUT2D eigenvalue weighted by Gasteiger charge is -2.30. The van der Waals surface area contributed by atoms with Gasteiger partial charge in [0.1, 0.15) is 12.4 Å². The molecule has 0 spiro atoms. The lowest BCUT2D eigenvalue weighted by atomic mass is 9.86. The Hall–Kier alpha value is -2.00. The minimum atomic E-state index is -3.97. The molecule has 0 aliphatic heterocycles. The lowest BCUT2D eigenvalue weighted by Crippen LogP contribution is -2.46. The fraction of sp³-hybridized carbons (Fsp3) is 0.579. The molecule has 1 aromatic rings. The predicted molar refractivity (Wildman–Crippen MR) is 101 cm³/mol. The molecule has 1 aromatic carbocycles. The summed E-state index contributed by atoms with van der Waals surface area (Å²) in [4.78, 5) is 24.2. The maximum atomic E-state index is 13.0. The van der Waals surface area contributed by atoms with Gasteiger partial charge in [0.05, 0.1) is 4.90 Å². The molecule has 1 aliphatic carbocycles. The molecular formula is C19H27FN2O5S. The van der Waals surface area contributed by atoms with E-state index in [-0.39, 0.29) is 10.9 Å². The van der Waals surface area contributed by atoms with Crippen molar-refractivity contribution in [2.75, 3.05) is 13.6 Å². The van der Waals surface area contributed by atoms with Crippen LogP contribution in [0.15, 0.2) is 29.2 Å². The average Bonchev–Trinajstić information content (AvgIpc) is 2.63. The highest BCUT2D eigenvalue weighted by Crippen LogP contribution is 2.23. The molecule has 1 fully saturated rings. The van der Waals surface area contributed by atoms with Gasteiger partial charge >= 0.3 is 5.97 Å². The van der Waals surface area contributed by atoms with Crippen molar-refractivity contribution in [3.8, 4) is 0 Å². The number of ether oxygens (including phenoxy) is 1. The summed E-state index contributed by atoms with van der Waals surface area (Å²) in [5.74, 6) is -1.43. The summed E-state index contributed by atoms with van der Waals surface area (Å²) >= 11 is 0. The maximum Gasteiger partial charge on any atom is 0.322 e. The highest BCUT2D eigenvalue weighted by atomic mass is 32.2. The van der Waals surface area contributed by atoms with Crippen LogP contribution in [-0.4, -0.2) is 50.3 Å². The van der Waals surface area contributed by atoms with Crippen LogP contribution in [0, 0.1) is 11.7 Å². The first kappa shape index (κ1) is 22.3. The van der Waals surface area contributed by atoms with E-state index in [9.17, 15) is 22.4 Å². The lowest BCUT2D eigenvalue weighted by molar-refractivity contribution is -0.155. The van der Waals surface area contributed by atoms with Crippen LogP contribution in [0.1, 0.15) is 39.5 Å². The van der Waals surface area contributed by atoms with Gasteiger partial charge in [0.25, 0.3) is 5.91 Å². The molecule has 0 bridgehead atoms. The standard InChI is InChI=1S/C19H27FN2O5S/c1-13-6-4-5-7-17(13)21-19(24)14(2)27-18(23)12-22(3)28(25,26)16-10-8-15(20)9-11-16/h8-11,13-14,17H,4-7,12H2,1-3H3,(H,21,24)/t13-,14-,17+/m1/s1. The summed E-state index contributed by atoms with van der Waals surface area (Å²) < 4.78 is 43.7. The molecule has 0 aromatic heterocycles. The first-order valence-corrected chi connectivity index (χ1v) is 10.8. The number of nitrogens with one attached hydrogen (secondary N) is 1. The second-order valence-electron chi connectivity index (χ2n) is 7.22. The second kappa shape index (κ2) is 9.47. The van der Waals surface area contributed by atoms with Gasteiger partial charge in [-0.1, -0.05) is 19.8 Å². The molecule has 1 N–H and O–H groups in total. The Morgan fingerprint density at radius 3 is 2.46 bits per heavy atom. The summed E-state index contributed by atoms with van der Waals surface area (Å²) in [6.07, 6.45) is 3.11. The third-order valence-corrected chi connectivity index (χ3v) is 6.81. The molecule has 0 unspecified atom stereocenters. The van der Waals surface area contributed by atoms with Crippen molar-refractivity contribution in [1.29, 1.82) is 0 Å². The number of carbonyl (C=O) groups excluding carboxylic acids is 2. The topological polar surface area (TPSA) is 92.8 Å². The van der Waals surface area contributed by atoms with E-state index in [1.54, 1.807) is 0 Å². The van der Waals surface area contributed by atoms with Crippen molar-refractivity contribution in [3.05, 3.63) is 30.1 Å². The van der Waals surface area contributed by atoms with Gasteiger partial charge in [-0.05, 0) is 49.9 Å². The van der Waals surface area contributed by atoms with Gasteiger partial charge < -0.3 is 10.1 Å². The zero-order valence-electron chi connectivity index (χ0n) is 16.4. The number of amides is 1. The number of halogens is 1. The van der Waals surface area contributed by atoms with Crippen LogP contribution in [0.4, 0.5) is 4.39 Å². The highest BCUT2D eigenvalue weighted by molar-refractivity contribution is 7.89. The van der Waals surface area contributed by atoms with Crippen LogP contribution in [0.5, 0.6) is 0 Å². The fourth-order valence-corrected chi connectivity index (χ4v) is 4.29.